The van der Waals surface area contributed by atoms with Crippen LogP contribution in [0.2, 0.25) is 0 Å². The molecule has 12 nitrogen and oxygen atoms in total. The van der Waals surface area contributed by atoms with Crippen molar-refractivity contribution in [3.63, 3.8) is 0 Å². The first kappa shape index (κ1) is 34.7. The number of Topliss-reactive ketones (excluding diaryl/α,β-unsaturated/α-hetero) is 1. The first-order chi connectivity index (χ1) is 21.1. The lowest BCUT2D eigenvalue weighted by atomic mass is 9.45. The second kappa shape index (κ2) is 13.3. The molecule has 0 saturated heterocycles. The molecule has 0 unspecified atom stereocenters. The lowest BCUT2D eigenvalue weighted by molar-refractivity contribution is -0.184. The molecule has 0 aromatic heterocycles. The molecule has 0 bridgehead atoms. The quantitative estimate of drug-likeness (QED) is 0.198. The van der Waals surface area contributed by atoms with Crippen molar-refractivity contribution in [3.05, 3.63) is 11.6 Å². The number of rotatable bonds is 12. The van der Waals surface area contributed by atoms with E-state index in [0.29, 0.717) is 25.7 Å². The van der Waals surface area contributed by atoms with Crippen LogP contribution >= 0.6 is 0 Å². The molecule has 0 aliphatic heterocycles. The number of aliphatic carboxylic acids is 1. The average molecular weight is 633 g/mol. The van der Waals surface area contributed by atoms with E-state index in [1.807, 2.05) is 6.92 Å². The summed E-state index contributed by atoms with van der Waals surface area (Å²) in [6, 6.07) is -2.10. The summed E-state index contributed by atoms with van der Waals surface area (Å²) in [6.07, 6.45) is 4.80. The Hall–Kier alpha value is -3.12. The minimum absolute atomic E-state index is 0.0119. The number of carboxylic acid groups (broad SMARTS) is 1. The van der Waals surface area contributed by atoms with Gasteiger partial charge in [-0.05, 0) is 81.1 Å². The topological polar surface area (TPSA) is 196 Å². The second-order valence-corrected chi connectivity index (χ2v) is 14.0. The Morgan fingerprint density at radius 1 is 1.07 bits per heavy atom. The molecule has 4 aliphatic carbocycles. The molecule has 250 valence electrons. The highest BCUT2D eigenvalue weighted by Crippen LogP contribution is 2.67. The van der Waals surface area contributed by atoms with E-state index >= 15 is 0 Å². The Balaban J connectivity index is 1.30. The molecule has 0 radical (unpaired) electrons. The SMILES string of the molecule is CCC[C@H](NC(=O)[C@H](C)NC(=O)CCC(=O)OCC(=O)[C@@]1(O)CC[C@@H]2[C@@H]3CCC4=CC(=O)CC[C@]4(C)[C@H]3[C@H](O)C[C@@]21C)C(=O)O. The minimum atomic E-state index is -1.78. The number of ketones is 2. The Bertz CT molecular complexity index is 1260. The van der Waals surface area contributed by atoms with Crippen LogP contribution in [0.15, 0.2) is 11.6 Å². The molecular formula is C33H48N2O10. The van der Waals surface area contributed by atoms with Crippen LogP contribution in [0.3, 0.4) is 0 Å². The van der Waals surface area contributed by atoms with Crippen LogP contribution in [0, 0.1) is 28.6 Å². The van der Waals surface area contributed by atoms with Gasteiger partial charge in [0.05, 0.1) is 12.5 Å². The molecule has 0 heterocycles. The summed E-state index contributed by atoms with van der Waals surface area (Å²) in [4.78, 5) is 73.9. The summed E-state index contributed by atoms with van der Waals surface area (Å²) in [5.41, 5.74) is -1.88. The maximum atomic E-state index is 13.4. The number of aliphatic hydroxyl groups is 2. The summed E-state index contributed by atoms with van der Waals surface area (Å²) >= 11 is 0. The third-order valence-electron chi connectivity index (χ3n) is 11.4. The van der Waals surface area contributed by atoms with Crippen molar-refractivity contribution in [2.45, 2.75) is 122 Å². The maximum Gasteiger partial charge on any atom is 0.326 e. The van der Waals surface area contributed by atoms with Gasteiger partial charge in [-0.3, -0.25) is 24.0 Å². The molecule has 5 N–H and O–H groups in total. The number of allylic oxidation sites excluding steroid dienone is 1. The van der Waals surface area contributed by atoms with Crippen molar-refractivity contribution in [1.29, 1.82) is 0 Å². The average Bonchev–Trinajstić information content (AvgIpc) is 3.25. The molecule has 3 saturated carbocycles. The van der Waals surface area contributed by atoms with E-state index in [0.717, 1.165) is 18.4 Å². The summed E-state index contributed by atoms with van der Waals surface area (Å²) in [5, 5.41) is 37.3. The fraction of sp³-hybridized carbons (Fsp3) is 0.758. The standard InChI is InChI=1S/C33H48N2O10/c1-5-6-23(30(42)43)35-29(41)18(2)34-26(39)9-10-27(40)45-17-25(38)33(44)14-12-22-21-8-7-19-15-20(36)11-13-31(19,3)28(21)24(37)16-32(22,33)4/h15,18,21-24,28,37,44H,5-14,16-17H2,1-4H3,(H,34,39)(H,35,41)(H,42,43)/t18-,21-,22+,23-,24+,28+,31-,32-,33-/m0/s1. The smallest absolute Gasteiger partial charge is 0.326 e. The first-order valence-electron chi connectivity index (χ1n) is 16.2. The zero-order chi connectivity index (χ0) is 33.3. The van der Waals surface area contributed by atoms with Gasteiger partial charge in [0, 0.05) is 18.3 Å². The van der Waals surface area contributed by atoms with E-state index in [4.69, 9.17) is 4.74 Å². The number of hydrogen-bond acceptors (Lipinski definition) is 9. The van der Waals surface area contributed by atoms with Gasteiger partial charge in [-0.2, -0.15) is 0 Å². The van der Waals surface area contributed by atoms with E-state index < -0.39 is 65.3 Å². The largest absolute Gasteiger partial charge is 0.480 e. The van der Waals surface area contributed by atoms with Gasteiger partial charge in [0.15, 0.2) is 12.4 Å². The monoisotopic (exact) mass is 632 g/mol. The lowest BCUT2D eigenvalue weighted by Crippen LogP contribution is -2.62. The molecule has 45 heavy (non-hydrogen) atoms. The highest BCUT2D eigenvalue weighted by molar-refractivity contribution is 5.93. The van der Waals surface area contributed by atoms with Crippen LogP contribution in [0.1, 0.15) is 98.3 Å². The van der Waals surface area contributed by atoms with Gasteiger partial charge in [-0.1, -0.05) is 32.8 Å². The number of hydrogen-bond donors (Lipinski definition) is 5. The van der Waals surface area contributed by atoms with Crippen molar-refractivity contribution in [2.75, 3.05) is 6.61 Å². The van der Waals surface area contributed by atoms with Crippen molar-refractivity contribution in [1.82, 2.24) is 10.6 Å². The lowest BCUT2D eigenvalue weighted by Gasteiger charge is -2.60. The fourth-order valence-corrected chi connectivity index (χ4v) is 8.93. The zero-order valence-electron chi connectivity index (χ0n) is 26.7. The summed E-state index contributed by atoms with van der Waals surface area (Å²) < 4.78 is 5.17. The maximum absolute atomic E-state index is 13.4. The number of esters is 1. The normalized spacial score (nSPS) is 35.1. The Labute approximate surface area is 263 Å². The third-order valence-corrected chi connectivity index (χ3v) is 11.4. The van der Waals surface area contributed by atoms with Crippen LogP contribution in [-0.2, 0) is 33.5 Å². The highest BCUT2D eigenvalue weighted by Gasteiger charge is 2.68. The molecule has 0 aromatic carbocycles. The Morgan fingerprint density at radius 2 is 1.78 bits per heavy atom. The van der Waals surface area contributed by atoms with Crippen molar-refractivity contribution < 1.29 is 48.8 Å². The second-order valence-electron chi connectivity index (χ2n) is 14.0. The van der Waals surface area contributed by atoms with Crippen LogP contribution in [-0.4, -0.2) is 81.0 Å². The van der Waals surface area contributed by atoms with Crippen LogP contribution < -0.4 is 10.6 Å². The number of carbonyl (C=O) groups excluding carboxylic acids is 5. The molecule has 4 aliphatic rings. The van der Waals surface area contributed by atoms with Crippen LogP contribution in [0.4, 0.5) is 0 Å². The van der Waals surface area contributed by atoms with Crippen LogP contribution in [0.25, 0.3) is 0 Å². The minimum Gasteiger partial charge on any atom is -0.480 e. The van der Waals surface area contributed by atoms with Crippen molar-refractivity contribution in [2.24, 2.45) is 28.6 Å². The predicted molar refractivity (Wildman–Crippen MR) is 160 cm³/mol. The number of aliphatic hydroxyl groups excluding tert-OH is 1. The van der Waals surface area contributed by atoms with Crippen LogP contribution in [0.5, 0.6) is 0 Å². The molecule has 2 amide bonds. The number of nitrogens with one attached hydrogen (secondary N) is 2. The van der Waals surface area contributed by atoms with E-state index in [-0.39, 0.29) is 61.1 Å². The third kappa shape index (κ3) is 6.58. The predicted octanol–water partition coefficient (Wildman–Crippen LogP) is 1.99. The zero-order valence-corrected chi connectivity index (χ0v) is 26.7. The number of fused-ring (bicyclic) bond motifs is 5. The molecular weight excluding hydrogens is 584 g/mol. The number of carboxylic acids is 1. The molecule has 3 fully saturated rings. The molecule has 0 aromatic rings. The van der Waals surface area contributed by atoms with Gasteiger partial charge < -0.3 is 30.7 Å². The summed E-state index contributed by atoms with van der Waals surface area (Å²) in [5.74, 6) is -3.77. The van der Waals surface area contributed by atoms with E-state index in [1.54, 1.807) is 13.0 Å². The molecule has 12 heteroatoms. The fourth-order valence-electron chi connectivity index (χ4n) is 8.93. The van der Waals surface area contributed by atoms with E-state index in [1.165, 1.54) is 6.92 Å². The number of carbonyl (C=O) groups is 6. The Kier molecular flexibility index (Phi) is 10.3. The van der Waals surface area contributed by atoms with E-state index in [2.05, 4.69) is 17.6 Å². The van der Waals surface area contributed by atoms with Crippen molar-refractivity contribution >= 4 is 35.3 Å². The number of ether oxygens (including phenoxy) is 1. The van der Waals surface area contributed by atoms with Gasteiger partial charge in [-0.15, -0.1) is 0 Å². The van der Waals surface area contributed by atoms with E-state index in [9.17, 15) is 44.1 Å². The number of amides is 2. The summed E-state index contributed by atoms with van der Waals surface area (Å²) in [6.45, 7) is 6.51. The van der Waals surface area contributed by atoms with Gasteiger partial charge in [0.25, 0.3) is 0 Å². The molecule has 4 rings (SSSR count). The molecule has 0 spiro atoms. The van der Waals surface area contributed by atoms with Crippen molar-refractivity contribution in [3.8, 4) is 0 Å². The van der Waals surface area contributed by atoms with Gasteiger partial charge >= 0.3 is 11.9 Å². The Morgan fingerprint density at radius 3 is 2.44 bits per heavy atom. The van der Waals surface area contributed by atoms with Gasteiger partial charge in [0.1, 0.15) is 17.7 Å². The van der Waals surface area contributed by atoms with Gasteiger partial charge in [0.2, 0.25) is 17.6 Å². The van der Waals surface area contributed by atoms with Gasteiger partial charge in [-0.25, -0.2) is 4.79 Å². The first-order valence-corrected chi connectivity index (χ1v) is 16.2. The highest BCUT2D eigenvalue weighted by atomic mass is 16.5. The molecule has 9 atom stereocenters. The summed E-state index contributed by atoms with van der Waals surface area (Å²) in [7, 11) is 0.